The van der Waals surface area contributed by atoms with Gasteiger partial charge in [0.15, 0.2) is 0 Å². The number of nitrogens with two attached hydrogens (primary N) is 1. The summed E-state index contributed by atoms with van der Waals surface area (Å²) in [5, 5.41) is 10.7. The fraction of sp³-hybridized carbons (Fsp3) is 0.133. The second kappa shape index (κ2) is 6.22. The largest absolute Gasteiger partial charge is 0.497 e. The summed E-state index contributed by atoms with van der Waals surface area (Å²) in [5.41, 5.74) is 6.86. The molecule has 2 aromatic heterocycles. The average molecular weight is 313 g/mol. The summed E-state index contributed by atoms with van der Waals surface area (Å²) in [4.78, 5) is 4.31. The van der Waals surface area contributed by atoms with E-state index in [2.05, 4.69) is 20.5 Å². The summed E-state index contributed by atoms with van der Waals surface area (Å²) in [6.07, 6.45) is 1.66. The van der Waals surface area contributed by atoms with Crippen molar-refractivity contribution in [2.24, 2.45) is 0 Å². The zero-order valence-electron chi connectivity index (χ0n) is 12.6. The fourth-order valence-corrected chi connectivity index (χ4v) is 2.04. The van der Waals surface area contributed by atoms with Crippen molar-refractivity contribution in [3.63, 3.8) is 0 Å². The minimum Gasteiger partial charge on any atom is -0.497 e. The SMILES string of the molecule is COc1cc(Nc2ncccc2-c2nnc(N)o2)cc(OC)c1. The quantitative estimate of drug-likeness (QED) is 0.739. The third kappa shape index (κ3) is 3.15. The Morgan fingerprint density at radius 1 is 1.09 bits per heavy atom. The molecule has 3 aromatic rings. The van der Waals surface area contributed by atoms with Crippen LogP contribution in [0, 0.1) is 0 Å². The predicted octanol–water partition coefficient (Wildman–Crippen LogP) is 2.47. The second-order valence-corrected chi connectivity index (χ2v) is 4.57. The van der Waals surface area contributed by atoms with Crippen LogP contribution in [0.2, 0.25) is 0 Å². The maximum Gasteiger partial charge on any atom is 0.313 e. The molecule has 0 aliphatic carbocycles. The maximum atomic E-state index is 5.48. The molecule has 118 valence electrons. The van der Waals surface area contributed by atoms with Crippen molar-refractivity contribution in [2.45, 2.75) is 0 Å². The van der Waals surface area contributed by atoms with Gasteiger partial charge in [-0.2, -0.15) is 0 Å². The van der Waals surface area contributed by atoms with Gasteiger partial charge in [0.1, 0.15) is 17.3 Å². The van der Waals surface area contributed by atoms with E-state index in [0.717, 1.165) is 5.69 Å². The average Bonchev–Trinajstić information content (AvgIpc) is 3.01. The molecule has 0 saturated carbocycles. The standard InChI is InChI=1S/C15H15N5O3/c1-21-10-6-9(7-11(8-10)22-2)18-13-12(4-3-5-17-13)14-19-20-15(16)23-14/h3-8H,1-2H3,(H2,16,20)(H,17,18). The highest BCUT2D eigenvalue weighted by atomic mass is 16.5. The Hall–Kier alpha value is -3.29. The van der Waals surface area contributed by atoms with E-state index in [9.17, 15) is 0 Å². The van der Waals surface area contributed by atoms with Gasteiger partial charge in [-0.05, 0) is 12.1 Å². The zero-order chi connectivity index (χ0) is 16.2. The van der Waals surface area contributed by atoms with Crippen LogP contribution in [0.4, 0.5) is 17.5 Å². The van der Waals surface area contributed by atoms with Crippen LogP contribution in [0.25, 0.3) is 11.5 Å². The Morgan fingerprint density at radius 2 is 1.83 bits per heavy atom. The summed E-state index contributed by atoms with van der Waals surface area (Å²) in [6.45, 7) is 0. The number of hydrogen-bond donors (Lipinski definition) is 2. The Bertz CT molecular complexity index is 796. The molecule has 0 fully saturated rings. The van der Waals surface area contributed by atoms with Gasteiger partial charge in [-0.15, -0.1) is 5.10 Å². The van der Waals surface area contributed by atoms with Gasteiger partial charge < -0.3 is 24.9 Å². The Labute approximate surface area is 132 Å². The van der Waals surface area contributed by atoms with Gasteiger partial charge in [0.2, 0.25) is 0 Å². The number of anilines is 3. The molecule has 0 bridgehead atoms. The van der Waals surface area contributed by atoms with Crippen molar-refractivity contribution in [3.8, 4) is 23.0 Å². The summed E-state index contributed by atoms with van der Waals surface area (Å²) < 4.78 is 15.8. The van der Waals surface area contributed by atoms with E-state index in [1.54, 1.807) is 38.6 Å². The topological polar surface area (TPSA) is 108 Å². The third-order valence-corrected chi connectivity index (χ3v) is 3.09. The molecular formula is C15H15N5O3. The molecule has 0 aliphatic heterocycles. The fourth-order valence-electron chi connectivity index (χ4n) is 2.04. The number of nitrogens with zero attached hydrogens (tertiary/aromatic N) is 3. The van der Waals surface area contributed by atoms with E-state index < -0.39 is 0 Å². The van der Waals surface area contributed by atoms with Gasteiger partial charge in [0, 0.05) is 30.1 Å². The molecule has 0 radical (unpaired) electrons. The number of nitrogen functional groups attached to an aromatic ring is 1. The summed E-state index contributed by atoms with van der Waals surface area (Å²) in [6, 6.07) is 9.00. The minimum atomic E-state index is -0.00199. The highest BCUT2D eigenvalue weighted by molar-refractivity contribution is 5.74. The van der Waals surface area contributed by atoms with Gasteiger partial charge in [0.05, 0.1) is 19.8 Å². The van der Waals surface area contributed by atoms with Crippen LogP contribution in [-0.4, -0.2) is 29.4 Å². The number of methoxy groups -OCH3 is 2. The van der Waals surface area contributed by atoms with Gasteiger partial charge in [-0.3, -0.25) is 0 Å². The summed E-state index contributed by atoms with van der Waals surface area (Å²) >= 11 is 0. The highest BCUT2D eigenvalue weighted by Gasteiger charge is 2.13. The molecule has 23 heavy (non-hydrogen) atoms. The summed E-state index contributed by atoms with van der Waals surface area (Å²) in [5.74, 6) is 2.15. The van der Waals surface area contributed by atoms with Crippen LogP contribution in [0.5, 0.6) is 11.5 Å². The first-order valence-electron chi connectivity index (χ1n) is 6.74. The van der Waals surface area contributed by atoms with Crippen molar-refractivity contribution in [1.82, 2.24) is 15.2 Å². The molecule has 0 unspecified atom stereocenters. The molecule has 0 atom stereocenters. The number of rotatable bonds is 5. The number of benzene rings is 1. The zero-order valence-corrected chi connectivity index (χ0v) is 12.6. The molecule has 3 N–H and O–H groups in total. The lowest BCUT2D eigenvalue weighted by Crippen LogP contribution is -1.98. The van der Waals surface area contributed by atoms with E-state index >= 15 is 0 Å². The number of ether oxygens (including phenoxy) is 2. The van der Waals surface area contributed by atoms with E-state index in [4.69, 9.17) is 19.6 Å². The smallest absolute Gasteiger partial charge is 0.313 e. The van der Waals surface area contributed by atoms with Crippen molar-refractivity contribution >= 4 is 17.5 Å². The van der Waals surface area contributed by atoms with Crippen molar-refractivity contribution in [2.75, 3.05) is 25.3 Å². The lowest BCUT2D eigenvalue weighted by atomic mass is 10.2. The van der Waals surface area contributed by atoms with Crippen molar-refractivity contribution in [1.29, 1.82) is 0 Å². The maximum absolute atomic E-state index is 5.48. The summed E-state index contributed by atoms with van der Waals surface area (Å²) in [7, 11) is 3.18. The first-order valence-corrected chi connectivity index (χ1v) is 6.74. The molecule has 2 heterocycles. The lowest BCUT2D eigenvalue weighted by molar-refractivity contribution is 0.395. The molecular weight excluding hydrogens is 298 g/mol. The van der Waals surface area contributed by atoms with Crippen LogP contribution < -0.4 is 20.5 Å². The van der Waals surface area contributed by atoms with Gasteiger partial charge in [-0.25, -0.2) is 4.98 Å². The molecule has 0 saturated heterocycles. The normalized spacial score (nSPS) is 10.3. The number of hydrogen-bond acceptors (Lipinski definition) is 8. The van der Waals surface area contributed by atoms with Gasteiger partial charge in [0.25, 0.3) is 5.89 Å². The van der Waals surface area contributed by atoms with Crippen LogP contribution in [0.3, 0.4) is 0 Å². The first-order chi connectivity index (χ1) is 11.2. The number of aromatic nitrogens is 3. The van der Waals surface area contributed by atoms with Crippen molar-refractivity contribution in [3.05, 3.63) is 36.5 Å². The highest BCUT2D eigenvalue weighted by Crippen LogP contribution is 2.31. The van der Waals surface area contributed by atoms with Crippen LogP contribution in [0.15, 0.2) is 40.9 Å². The molecule has 0 spiro atoms. The van der Waals surface area contributed by atoms with E-state index in [0.29, 0.717) is 22.9 Å². The number of nitrogens with one attached hydrogen (secondary N) is 1. The third-order valence-electron chi connectivity index (χ3n) is 3.09. The minimum absolute atomic E-state index is 0.00199. The van der Waals surface area contributed by atoms with Crippen LogP contribution in [0.1, 0.15) is 0 Å². The molecule has 8 nitrogen and oxygen atoms in total. The second-order valence-electron chi connectivity index (χ2n) is 4.57. The van der Waals surface area contributed by atoms with Crippen LogP contribution in [-0.2, 0) is 0 Å². The molecule has 8 heteroatoms. The first kappa shape index (κ1) is 14.6. The molecule has 0 aliphatic rings. The van der Waals surface area contributed by atoms with E-state index in [-0.39, 0.29) is 11.9 Å². The monoisotopic (exact) mass is 313 g/mol. The Morgan fingerprint density at radius 3 is 2.43 bits per heavy atom. The Kier molecular flexibility index (Phi) is 3.96. The predicted molar refractivity (Wildman–Crippen MR) is 84.8 cm³/mol. The van der Waals surface area contributed by atoms with E-state index in [1.165, 1.54) is 0 Å². The molecule has 1 aromatic carbocycles. The van der Waals surface area contributed by atoms with E-state index in [1.807, 2.05) is 12.1 Å². The molecule has 0 amide bonds. The number of pyridine rings is 1. The van der Waals surface area contributed by atoms with Crippen LogP contribution >= 0.6 is 0 Å². The van der Waals surface area contributed by atoms with Gasteiger partial charge in [-0.1, -0.05) is 5.10 Å². The Balaban J connectivity index is 1.98. The molecule has 3 rings (SSSR count). The van der Waals surface area contributed by atoms with Crippen molar-refractivity contribution < 1.29 is 13.9 Å². The lowest BCUT2D eigenvalue weighted by Gasteiger charge is -2.11. The van der Waals surface area contributed by atoms with Gasteiger partial charge >= 0.3 is 6.01 Å².